The topological polar surface area (TPSA) is 473 Å². The number of carbonyl (C=O) groups excluding carboxylic acids is 4. The highest BCUT2D eigenvalue weighted by Crippen LogP contribution is 2.61. The molecule has 2 aromatic heterocycles. The Morgan fingerprint density at radius 3 is 2.27 bits per heavy atom. The van der Waals surface area contributed by atoms with Crippen molar-refractivity contribution in [2.45, 2.75) is 63.4 Å². The maximum Gasteiger partial charge on any atom is 0.526 e. The third-order valence-electron chi connectivity index (χ3n) is 7.66. The minimum atomic E-state index is -5.62. The molecule has 1 fully saturated rings. The molecule has 30 nitrogen and oxygen atoms in total. The van der Waals surface area contributed by atoms with Crippen LogP contribution in [0.25, 0.3) is 11.2 Å². The van der Waals surface area contributed by atoms with E-state index in [1.54, 1.807) is 0 Å². The molecule has 8 atom stereocenters. The molecule has 60 heavy (non-hydrogen) atoms. The molecule has 2 amide bonds. The Hall–Kier alpha value is -2.86. The second-order valence-corrected chi connectivity index (χ2v) is 19.5. The van der Waals surface area contributed by atoms with E-state index in [4.69, 9.17) is 35.0 Å². The summed E-state index contributed by atoms with van der Waals surface area (Å²) in [4.78, 5) is 116. The molecule has 1 aliphatic heterocycles. The predicted molar refractivity (Wildman–Crippen MR) is 198 cm³/mol. The number of phosphoric acid groups is 4. The van der Waals surface area contributed by atoms with Gasteiger partial charge in [-0.05, 0) is 0 Å². The van der Waals surface area contributed by atoms with Crippen molar-refractivity contribution in [1.29, 1.82) is 0 Å². The molecule has 35 heteroatoms. The highest BCUT2D eigenvalue weighted by atomic mass is 32.2. The summed E-state index contributed by atoms with van der Waals surface area (Å²) in [6.07, 6.45) is -8.14. The molecule has 0 aromatic carbocycles. The molecule has 1 saturated heterocycles. The van der Waals surface area contributed by atoms with Gasteiger partial charge in [-0.15, -0.1) is 0 Å². The maximum atomic E-state index is 12.7. The smallest absolute Gasteiger partial charge is 0.386 e. The van der Waals surface area contributed by atoms with Gasteiger partial charge in [-0.1, -0.05) is 25.6 Å². The van der Waals surface area contributed by atoms with E-state index in [-0.39, 0.29) is 42.2 Å². The number of phosphoric ester groups is 4. The van der Waals surface area contributed by atoms with Gasteiger partial charge in [-0.2, -0.15) is 4.31 Å². The van der Waals surface area contributed by atoms with Crippen molar-refractivity contribution in [3.05, 3.63) is 12.7 Å². The summed E-state index contributed by atoms with van der Waals surface area (Å²) in [7, 11) is -21.6. The van der Waals surface area contributed by atoms with Gasteiger partial charge >= 0.3 is 37.3 Å². The van der Waals surface area contributed by atoms with Gasteiger partial charge in [0, 0.05) is 30.7 Å². The lowest BCUT2D eigenvalue weighted by atomic mass is 9.87. The molecule has 0 radical (unpaired) electrons. The second-order valence-electron chi connectivity index (χ2n) is 13.0. The van der Waals surface area contributed by atoms with Crippen LogP contribution in [-0.4, -0.2) is 145 Å². The lowest BCUT2D eigenvalue weighted by Crippen LogP contribution is -2.46. The summed E-state index contributed by atoms with van der Waals surface area (Å²) in [6.45, 7) is -0.148. The first-order valence-corrected chi connectivity index (χ1v) is 23.6. The maximum absolute atomic E-state index is 12.7. The minimum absolute atomic E-state index is 0.00517. The van der Waals surface area contributed by atoms with Crippen molar-refractivity contribution in [3.8, 4) is 0 Å². The van der Waals surface area contributed by atoms with Crippen LogP contribution in [0.15, 0.2) is 12.7 Å². The number of amides is 2. The van der Waals surface area contributed by atoms with Gasteiger partial charge in [-0.3, -0.25) is 47.1 Å². The number of aromatic nitrogens is 4. The molecule has 2 aromatic rings. The largest absolute Gasteiger partial charge is 0.526 e. The van der Waals surface area contributed by atoms with Gasteiger partial charge in [0.2, 0.25) is 16.9 Å². The number of carbonyl (C=O) groups is 4. The van der Waals surface area contributed by atoms with E-state index in [1.165, 1.54) is 13.8 Å². The Balaban J connectivity index is 1.45. The number of nitrogens with zero attached hydrogens (tertiary/aromatic N) is 4. The van der Waals surface area contributed by atoms with Crippen molar-refractivity contribution in [3.63, 3.8) is 0 Å². The monoisotopic (exact) mass is 962 g/mol. The average molecular weight is 963 g/mol. The second kappa shape index (κ2) is 21.0. The summed E-state index contributed by atoms with van der Waals surface area (Å²) in [5.41, 5.74) is 9.62. The summed E-state index contributed by atoms with van der Waals surface area (Å²) in [6, 6.07) is -1.44. The van der Waals surface area contributed by atoms with Crippen LogP contribution in [0.1, 0.15) is 32.9 Å². The molecule has 8 unspecified atom stereocenters. The molecule has 0 spiro atoms. The first kappa shape index (κ1) is 51.5. The normalized spacial score (nSPS) is 21.7. The lowest BCUT2D eigenvalue weighted by Gasteiger charge is -2.30. The summed E-state index contributed by atoms with van der Waals surface area (Å²) < 4.78 is 76.4. The van der Waals surface area contributed by atoms with Crippen LogP contribution in [0.3, 0.4) is 0 Å². The number of ether oxygens (including phenoxy) is 1. The Bertz CT molecular complexity index is 2070. The van der Waals surface area contributed by atoms with Crippen molar-refractivity contribution in [2.75, 3.05) is 37.8 Å². The van der Waals surface area contributed by atoms with Gasteiger partial charge < -0.3 is 61.1 Å². The third kappa shape index (κ3) is 16.1. The molecule has 3 heterocycles. The summed E-state index contributed by atoms with van der Waals surface area (Å²) in [5, 5.41) is 25.3. The molecule has 0 aliphatic carbocycles. The number of hydrogen-bond donors (Lipinski definition) is 12. The van der Waals surface area contributed by atoms with Crippen LogP contribution in [0.4, 0.5) is 5.82 Å². The summed E-state index contributed by atoms with van der Waals surface area (Å²) >= 11 is 0.611. The zero-order valence-corrected chi connectivity index (χ0v) is 35.4. The van der Waals surface area contributed by atoms with Crippen LogP contribution in [0.5, 0.6) is 0 Å². The molecule has 0 bridgehead atoms. The van der Waals surface area contributed by atoms with Crippen molar-refractivity contribution in [2.24, 2.45) is 11.1 Å². The first-order valence-electron chi connectivity index (χ1n) is 16.6. The number of anilines is 1. The van der Waals surface area contributed by atoms with Gasteiger partial charge in [0.05, 0.1) is 32.0 Å². The zero-order valence-electron chi connectivity index (χ0n) is 31.0. The SMILES string of the molecule is CC(C)(COP(=O)(O)OP(=O)(O)OCC1OC(n2cnc3c(N)ncnc32)C(O)C1OP(=O)(O)O)C(O)C(=O)NCCC(=O)NCCSC(=O)C(N)CC(=O)OP(=O)(O)O. The molecule has 340 valence electrons. The number of rotatable bonds is 23. The van der Waals surface area contributed by atoms with E-state index in [9.17, 15) is 67.2 Å². The number of nitrogens with two attached hydrogens (primary N) is 2. The Kier molecular flexibility index (Phi) is 18.0. The van der Waals surface area contributed by atoms with Gasteiger partial charge in [0.1, 0.15) is 36.3 Å². The molecule has 14 N–H and O–H groups in total. The molecule has 3 rings (SSSR count). The van der Waals surface area contributed by atoms with Gasteiger partial charge in [-0.25, -0.2) is 33.2 Å². The van der Waals surface area contributed by atoms with Crippen LogP contribution in [-0.2, 0) is 64.6 Å². The van der Waals surface area contributed by atoms with Crippen LogP contribution < -0.4 is 22.1 Å². The van der Waals surface area contributed by atoms with E-state index in [2.05, 4.69) is 38.9 Å². The predicted octanol–water partition coefficient (Wildman–Crippen LogP) is -2.98. The Morgan fingerprint density at radius 1 is 0.983 bits per heavy atom. The first-order chi connectivity index (χ1) is 27.5. The lowest BCUT2D eigenvalue weighted by molar-refractivity contribution is -0.137. The molecular weight excluding hydrogens is 920 g/mol. The number of aliphatic hydroxyl groups excluding tert-OH is 2. The highest BCUT2D eigenvalue weighted by molar-refractivity contribution is 8.13. The number of thioether (sulfide) groups is 1. The van der Waals surface area contributed by atoms with E-state index in [0.717, 1.165) is 17.2 Å². The van der Waals surface area contributed by atoms with Crippen LogP contribution in [0.2, 0.25) is 0 Å². The number of nitrogen functional groups attached to an aromatic ring is 1. The van der Waals surface area contributed by atoms with Crippen molar-refractivity contribution in [1.82, 2.24) is 30.2 Å². The molecular formula is C25H42N8O22P4S. The van der Waals surface area contributed by atoms with E-state index < -0.39 is 116 Å². The van der Waals surface area contributed by atoms with E-state index in [1.807, 2.05) is 0 Å². The van der Waals surface area contributed by atoms with Crippen LogP contribution in [0, 0.1) is 5.41 Å². The number of hydrogen-bond acceptors (Lipinski definition) is 22. The van der Waals surface area contributed by atoms with Crippen molar-refractivity contribution >= 4 is 82.9 Å². The minimum Gasteiger partial charge on any atom is -0.386 e. The quantitative estimate of drug-likeness (QED) is 0.0390. The fourth-order valence-electron chi connectivity index (χ4n) is 4.82. The Labute approximate surface area is 341 Å². The standard InChI is InChI=1S/C25H42N8O22P4S/c1-25(2,19(37)22(38)29-4-3-14(34)28-5-6-60-24(39)12(26)7-15(35)53-56(40,41)42)9-51-59(48,49)55-58(46,47)50-8-13-18(54-57(43,44)45)17(36)23(52-13)33-11-32-16-20(27)30-10-31-21(16)33/h10-13,17-19,23,36-37H,3-9,26H2,1-2H3,(H,28,34)(H,29,38)(H,46,47)(H,48,49)(H2,27,30,31)(H2,40,41,42)(H2,43,44,45). The zero-order chi connectivity index (χ0) is 45.4. The fourth-order valence-corrected chi connectivity index (χ4v) is 8.69. The van der Waals surface area contributed by atoms with Gasteiger partial charge in [0.15, 0.2) is 17.7 Å². The van der Waals surface area contributed by atoms with Crippen LogP contribution >= 0.6 is 43.1 Å². The number of imidazole rings is 1. The third-order valence-corrected chi connectivity index (χ3v) is 12.2. The van der Waals surface area contributed by atoms with Gasteiger partial charge in [0.25, 0.3) is 0 Å². The van der Waals surface area contributed by atoms with E-state index in [0.29, 0.717) is 11.8 Å². The number of aliphatic hydroxyl groups is 2. The van der Waals surface area contributed by atoms with E-state index >= 15 is 0 Å². The van der Waals surface area contributed by atoms with Crippen molar-refractivity contribution < 1.29 is 104 Å². The number of fused-ring (bicyclic) bond motifs is 1. The molecule has 1 aliphatic rings. The Morgan fingerprint density at radius 2 is 1.63 bits per heavy atom. The average Bonchev–Trinajstić information content (AvgIpc) is 3.67. The molecule has 0 saturated carbocycles. The fraction of sp³-hybridized carbons (Fsp3) is 0.640. The number of nitrogens with one attached hydrogen (secondary N) is 2. The highest BCUT2D eigenvalue weighted by Gasteiger charge is 2.50. The summed E-state index contributed by atoms with van der Waals surface area (Å²) in [5.74, 6) is -3.16.